The van der Waals surface area contributed by atoms with Gasteiger partial charge in [0.25, 0.3) is 0 Å². The maximum atomic E-state index is 13.7. The van der Waals surface area contributed by atoms with Crippen LogP contribution >= 0.6 is 11.6 Å². The van der Waals surface area contributed by atoms with Gasteiger partial charge in [-0.1, -0.05) is 41.9 Å². The van der Waals surface area contributed by atoms with Crippen LogP contribution in [0.5, 0.6) is 0 Å². The van der Waals surface area contributed by atoms with Crippen LogP contribution < -0.4 is 0 Å². The van der Waals surface area contributed by atoms with Crippen LogP contribution in [0.3, 0.4) is 0 Å². The SMILES string of the molecule is O=C(c1c(F)ccc(Cl)c1F)C(O)c1ccccc1. The zero-order valence-corrected chi connectivity index (χ0v) is 10.4. The summed E-state index contributed by atoms with van der Waals surface area (Å²) in [4.78, 5) is 12.0. The predicted molar refractivity (Wildman–Crippen MR) is 67.1 cm³/mol. The van der Waals surface area contributed by atoms with Gasteiger partial charge in [-0.2, -0.15) is 0 Å². The molecule has 0 radical (unpaired) electrons. The van der Waals surface area contributed by atoms with Crippen molar-refractivity contribution in [1.29, 1.82) is 0 Å². The lowest BCUT2D eigenvalue weighted by Crippen LogP contribution is -2.16. The molecule has 0 aliphatic rings. The van der Waals surface area contributed by atoms with E-state index in [1.54, 1.807) is 18.2 Å². The number of carbonyl (C=O) groups is 1. The van der Waals surface area contributed by atoms with Crippen molar-refractivity contribution in [2.24, 2.45) is 0 Å². The first-order valence-corrected chi connectivity index (χ1v) is 5.81. The van der Waals surface area contributed by atoms with Gasteiger partial charge in [-0.3, -0.25) is 4.79 Å². The molecule has 0 heterocycles. The molecule has 2 rings (SSSR count). The number of ketones is 1. The number of halogens is 3. The van der Waals surface area contributed by atoms with Crippen LogP contribution in [0.4, 0.5) is 8.78 Å². The summed E-state index contributed by atoms with van der Waals surface area (Å²) in [5, 5.41) is 9.49. The van der Waals surface area contributed by atoms with Crippen LogP contribution in [-0.4, -0.2) is 10.9 Å². The fourth-order valence-electron chi connectivity index (χ4n) is 1.68. The Hall–Kier alpha value is -1.78. The van der Waals surface area contributed by atoms with Crippen LogP contribution in [0.2, 0.25) is 5.02 Å². The minimum atomic E-state index is -1.64. The fourth-order valence-corrected chi connectivity index (χ4v) is 1.83. The number of aliphatic hydroxyl groups is 1. The zero-order chi connectivity index (χ0) is 14.0. The molecule has 1 N–H and O–H groups in total. The summed E-state index contributed by atoms with van der Waals surface area (Å²) in [6.07, 6.45) is -1.64. The largest absolute Gasteiger partial charge is 0.380 e. The molecule has 0 aliphatic heterocycles. The van der Waals surface area contributed by atoms with Gasteiger partial charge in [-0.25, -0.2) is 8.78 Å². The van der Waals surface area contributed by atoms with E-state index in [0.29, 0.717) is 0 Å². The van der Waals surface area contributed by atoms with Crippen LogP contribution in [0.25, 0.3) is 0 Å². The highest BCUT2D eigenvalue weighted by atomic mass is 35.5. The molecule has 0 bridgehead atoms. The summed E-state index contributed by atoms with van der Waals surface area (Å²) in [6, 6.07) is 9.79. The van der Waals surface area contributed by atoms with Gasteiger partial charge in [0, 0.05) is 0 Å². The second-order valence-corrected chi connectivity index (χ2v) is 4.30. The molecule has 0 spiro atoms. The summed E-state index contributed by atoms with van der Waals surface area (Å²) < 4.78 is 27.2. The standard InChI is InChI=1S/C14H9ClF2O2/c15-9-6-7-10(16)11(12(9)17)14(19)13(18)8-4-2-1-3-5-8/h1-7,13,18H. The molecule has 0 saturated carbocycles. The van der Waals surface area contributed by atoms with E-state index in [4.69, 9.17) is 11.6 Å². The monoisotopic (exact) mass is 282 g/mol. The van der Waals surface area contributed by atoms with E-state index >= 15 is 0 Å². The average Bonchev–Trinajstić information content (AvgIpc) is 2.43. The maximum Gasteiger partial charge on any atom is 0.201 e. The summed E-state index contributed by atoms with van der Waals surface area (Å²) in [7, 11) is 0. The third-order valence-corrected chi connectivity index (χ3v) is 2.95. The van der Waals surface area contributed by atoms with Gasteiger partial charge in [0.1, 0.15) is 11.9 Å². The number of hydrogen-bond donors (Lipinski definition) is 1. The molecule has 0 amide bonds. The first kappa shape index (κ1) is 13.6. The van der Waals surface area contributed by atoms with E-state index < -0.39 is 29.1 Å². The van der Waals surface area contributed by atoms with Crippen LogP contribution in [0.15, 0.2) is 42.5 Å². The second kappa shape index (κ2) is 5.47. The topological polar surface area (TPSA) is 37.3 Å². The lowest BCUT2D eigenvalue weighted by Gasteiger charge is -2.11. The molecular formula is C14H9ClF2O2. The number of aliphatic hydroxyl groups excluding tert-OH is 1. The molecule has 2 aromatic carbocycles. The first-order valence-electron chi connectivity index (χ1n) is 5.43. The van der Waals surface area contributed by atoms with Crippen LogP contribution in [-0.2, 0) is 0 Å². The Labute approximate surface area is 113 Å². The Bertz CT molecular complexity index is 614. The van der Waals surface area contributed by atoms with E-state index in [1.807, 2.05) is 0 Å². The van der Waals surface area contributed by atoms with Crippen molar-refractivity contribution in [3.8, 4) is 0 Å². The number of benzene rings is 2. The lowest BCUT2D eigenvalue weighted by molar-refractivity contribution is 0.0738. The minimum Gasteiger partial charge on any atom is -0.380 e. The molecule has 19 heavy (non-hydrogen) atoms. The zero-order valence-electron chi connectivity index (χ0n) is 9.61. The molecule has 2 aromatic rings. The third kappa shape index (κ3) is 2.64. The molecule has 98 valence electrons. The van der Waals surface area contributed by atoms with E-state index in [1.165, 1.54) is 12.1 Å². The Morgan fingerprint density at radius 1 is 1.11 bits per heavy atom. The Kier molecular flexibility index (Phi) is 3.93. The summed E-state index contributed by atoms with van der Waals surface area (Å²) in [6.45, 7) is 0. The highest BCUT2D eigenvalue weighted by Gasteiger charge is 2.26. The molecular weight excluding hydrogens is 274 g/mol. The average molecular weight is 283 g/mol. The number of rotatable bonds is 3. The molecule has 0 aliphatic carbocycles. The summed E-state index contributed by atoms with van der Waals surface area (Å²) in [5.74, 6) is -3.28. The van der Waals surface area contributed by atoms with Gasteiger partial charge in [-0.15, -0.1) is 0 Å². The van der Waals surface area contributed by atoms with Gasteiger partial charge in [0.15, 0.2) is 5.82 Å². The maximum absolute atomic E-state index is 13.7. The van der Waals surface area contributed by atoms with E-state index in [9.17, 15) is 18.7 Å². The molecule has 1 atom stereocenters. The van der Waals surface area contributed by atoms with Crippen molar-refractivity contribution < 1.29 is 18.7 Å². The molecule has 0 fully saturated rings. The van der Waals surface area contributed by atoms with Gasteiger partial charge in [-0.05, 0) is 17.7 Å². The van der Waals surface area contributed by atoms with Crippen molar-refractivity contribution in [1.82, 2.24) is 0 Å². The smallest absolute Gasteiger partial charge is 0.201 e. The molecule has 0 aromatic heterocycles. The van der Waals surface area contributed by atoms with Gasteiger partial charge in [0.2, 0.25) is 5.78 Å². The fraction of sp³-hybridized carbons (Fsp3) is 0.0714. The Balaban J connectivity index is 2.43. The lowest BCUT2D eigenvalue weighted by atomic mass is 9.99. The van der Waals surface area contributed by atoms with Gasteiger partial charge in [0.05, 0.1) is 10.6 Å². The van der Waals surface area contributed by atoms with E-state index in [0.717, 1.165) is 12.1 Å². The predicted octanol–water partition coefficient (Wildman–Crippen LogP) is 3.53. The third-order valence-electron chi connectivity index (χ3n) is 2.65. The van der Waals surface area contributed by atoms with Crippen molar-refractivity contribution in [2.75, 3.05) is 0 Å². The highest BCUT2D eigenvalue weighted by Crippen LogP contribution is 2.26. The normalized spacial score (nSPS) is 12.2. The van der Waals surface area contributed by atoms with Gasteiger partial charge < -0.3 is 5.11 Å². The summed E-state index contributed by atoms with van der Waals surface area (Å²) >= 11 is 5.51. The van der Waals surface area contributed by atoms with Crippen LogP contribution in [0, 0.1) is 11.6 Å². The number of carbonyl (C=O) groups excluding carboxylic acids is 1. The van der Waals surface area contributed by atoms with Crippen LogP contribution in [0.1, 0.15) is 22.0 Å². The second-order valence-electron chi connectivity index (χ2n) is 3.90. The quantitative estimate of drug-likeness (QED) is 0.691. The Morgan fingerprint density at radius 3 is 2.37 bits per heavy atom. The van der Waals surface area contributed by atoms with E-state index in [-0.39, 0.29) is 10.6 Å². The van der Waals surface area contributed by atoms with Crippen molar-refractivity contribution in [2.45, 2.75) is 6.10 Å². The van der Waals surface area contributed by atoms with Crippen molar-refractivity contribution >= 4 is 17.4 Å². The Morgan fingerprint density at radius 2 is 1.74 bits per heavy atom. The first-order chi connectivity index (χ1) is 9.02. The number of hydrogen-bond acceptors (Lipinski definition) is 2. The molecule has 1 unspecified atom stereocenters. The van der Waals surface area contributed by atoms with Crippen molar-refractivity contribution in [3.05, 3.63) is 70.2 Å². The minimum absolute atomic E-state index is 0.256. The number of Topliss-reactive ketones (excluding diaryl/α,β-unsaturated/α-hetero) is 1. The highest BCUT2D eigenvalue weighted by molar-refractivity contribution is 6.31. The van der Waals surface area contributed by atoms with Gasteiger partial charge >= 0.3 is 0 Å². The summed E-state index contributed by atoms with van der Waals surface area (Å²) in [5.41, 5.74) is -0.574. The van der Waals surface area contributed by atoms with E-state index in [2.05, 4.69) is 0 Å². The molecule has 2 nitrogen and oxygen atoms in total. The van der Waals surface area contributed by atoms with Crippen molar-refractivity contribution in [3.63, 3.8) is 0 Å². The molecule has 5 heteroatoms. The molecule has 0 saturated heterocycles.